The number of hydrogen-bond acceptors (Lipinski definition) is 2. The fourth-order valence-electron chi connectivity index (χ4n) is 0.919. The average molecular weight is 251 g/mol. The predicted molar refractivity (Wildman–Crippen MR) is 49.5 cm³/mol. The lowest BCUT2D eigenvalue weighted by atomic mass is 10.1. The van der Waals surface area contributed by atoms with Crippen LogP contribution in [0, 0.1) is 0 Å². The van der Waals surface area contributed by atoms with E-state index >= 15 is 0 Å². The zero-order valence-electron chi connectivity index (χ0n) is 6.75. The van der Waals surface area contributed by atoms with E-state index in [1.165, 1.54) is 0 Å². The molecule has 0 unspecified atom stereocenters. The van der Waals surface area contributed by atoms with Crippen LogP contribution in [0.25, 0.3) is 0 Å². The van der Waals surface area contributed by atoms with Gasteiger partial charge in [0, 0.05) is 17.1 Å². The number of aromatic nitrogens is 1. The van der Waals surface area contributed by atoms with Gasteiger partial charge in [-0.1, -0.05) is 0 Å². The highest BCUT2D eigenvalue weighted by molar-refractivity contribution is 9.10. The van der Waals surface area contributed by atoms with Gasteiger partial charge in [0.1, 0.15) is 0 Å². The van der Waals surface area contributed by atoms with E-state index in [1.54, 1.807) is 18.3 Å². The molecule has 1 atom stereocenters. The normalized spacial score (nSPS) is 13.3. The van der Waals surface area contributed by atoms with Crippen LogP contribution in [0.4, 0.5) is 8.78 Å². The first-order chi connectivity index (χ1) is 6.09. The summed E-state index contributed by atoms with van der Waals surface area (Å²) in [5.74, 6) is 0. The Kier molecular flexibility index (Phi) is 3.74. The van der Waals surface area contributed by atoms with Gasteiger partial charge < -0.3 is 5.73 Å². The summed E-state index contributed by atoms with van der Waals surface area (Å²) in [6.07, 6.45) is -1.20. The number of nitrogens with two attached hydrogens (primary N) is 1. The van der Waals surface area contributed by atoms with E-state index in [4.69, 9.17) is 5.73 Å². The first kappa shape index (κ1) is 10.5. The largest absolute Gasteiger partial charge is 0.322 e. The molecule has 0 aromatic carbocycles. The van der Waals surface area contributed by atoms with Crippen molar-refractivity contribution in [1.29, 1.82) is 0 Å². The monoisotopic (exact) mass is 250 g/mol. The van der Waals surface area contributed by atoms with Crippen molar-refractivity contribution in [3.8, 4) is 0 Å². The molecule has 0 aliphatic rings. The standard InChI is InChI=1S/C8H9BrF2N2/c9-5-1-2-7(13-4-5)6(12)3-8(10)11/h1-2,4,6,8H,3,12H2/t6-/m0/s1. The smallest absolute Gasteiger partial charge is 0.240 e. The second-order valence-electron chi connectivity index (χ2n) is 2.63. The molecule has 0 fully saturated rings. The number of alkyl halides is 2. The van der Waals surface area contributed by atoms with Crippen molar-refractivity contribution in [2.24, 2.45) is 5.73 Å². The van der Waals surface area contributed by atoms with E-state index in [0.29, 0.717) is 5.69 Å². The maximum absolute atomic E-state index is 11.9. The van der Waals surface area contributed by atoms with Crippen molar-refractivity contribution in [3.63, 3.8) is 0 Å². The van der Waals surface area contributed by atoms with Crippen molar-refractivity contribution < 1.29 is 8.78 Å². The third-order valence-corrected chi connectivity index (χ3v) is 2.03. The molecule has 13 heavy (non-hydrogen) atoms. The van der Waals surface area contributed by atoms with Gasteiger partial charge >= 0.3 is 0 Å². The molecule has 0 aliphatic carbocycles. The molecule has 1 rings (SSSR count). The number of rotatable bonds is 3. The van der Waals surface area contributed by atoms with Gasteiger partial charge in [0.2, 0.25) is 6.43 Å². The van der Waals surface area contributed by atoms with E-state index in [9.17, 15) is 8.78 Å². The minimum absolute atomic E-state index is 0.353. The summed E-state index contributed by atoms with van der Waals surface area (Å²) >= 11 is 3.19. The number of hydrogen-bond donors (Lipinski definition) is 1. The van der Waals surface area contributed by atoms with E-state index in [-0.39, 0.29) is 6.42 Å². The molecule has 0 saturated heterocycles. The molecular weight excluding hydrogens is 242 g/mol. The van der Waals surface area contributed by atoms with Crippen LogP contribution in [0.1, 0.15) is 18.2 Å². The summed E-state index contributed by atoms with van der Waals surface area (Å²) in [6, 6.07) is 2.68. The first-order valence-electron chi connectivity index (χ1n) is 3.75. The Labute approximate surface area is 83.3 Å². The van der Waals surface area contributed by atoms with E-state index < -0.39 is 12.5 Å². The highest BCUT2D eigenvalue weighted by Gasteiger charge is 2.13. The maximum Gasteiger partial charge on any atom is 0.240 e. The SMILES string of the molecule is N[C@@H](CC(F)F)c1ccc(Br)cn1. The Bertz CT molecular complexity index is 263. The zero-order chi connectivity index (χ0) is 9.84. The number of halogens is 3. The summed E-state index contributed by atoms with van der Waals surface area (Å²) in [5, 5.41) is 0. The highest BCUT2D eigenvalue weighted by Crippen LogP contribution is 2.17. The van der Waals surface area contributed by atoms with Gasteiger partial charge in [-0.15, -0.1) is 0 Å². The molecule has 72 valence electrons. The van der Waals surface area contributed by atoms with Crippen molar-refractivity contribution >= 4 is 15.9 Å². The van der Waals surface area contributed by atoms with Crippen LogP contribution in [0.2, 0.25) is 0 Å². The van der Waals surface area contributed by atoms with Crippen LogP contribution < -0.4 is 5.73 Å². The quantitative estimate of drug-likeness (QED) is 0.896. The van der Waals surface area contributed by atoms with Gasteiger partial charge in [0.15, 0.2) is 0 Å². The topological polar surface area (TPSA) is 38.9 Å². The average Bonchev–Trinajstić information content (AvgIpc) is 2.04. The third-order valence-electron chi connectivity index (χ3n) is 1.56. The molecule has 1 aromatic heterocycles. The Morgan fingerprint density at radius 1 is 1.46 bits per heavy atom. The van der Waals surface area contributed by atoms with E-state index in [2.05, 4.69) is 20.9 Å². The fraction of sp³-hybridized carbons (Fsp3) is 0.375. The Hall–Kier alpha value is -0.550. The summed E-state index contributed by atoms with van der Waals surface area (Å²) in [4.78, 5) is 3.93. The van der Waals surface area contributed by atoms with Gasteiger partial charge in [-0.3, -0.25) is 4.98 Å². The molecule has 1 aromatic rings. The molecule has 0 saturated carbocycles. The molecule has 2 nitrogen and oxygen atoms in total. The van der Waals surface area contributed by atoms with Crippen LogP contribution in [0.5, 0.6) is 0 Å². The Morgan fingerprint density at radius 2 is 2.15 bits per heavy atom. The second kappa shape index (κ2) is 4.62. The molecule has 0 radical (unpaired) electrons. The van der Waals surface area contributed by atoms with Gasteiger partial charge in [-0.05, 0) is 28.1 Å². The molecular formula is C8H9BrF2N2. The van der Waals surface area contributed by atoms with Crippen molar-refractivity contribution in [1.82, 2.24) is 4.98 Å². The minimum atomic E-state index is -2.39. The minimum Gasteiger partial charge on any atom is -0.322 e. The van der Waals surface area contributed by atoms with E-state index in [0.717, 1.165) is 4.47 Å². The lowest BCUT2D eigenvalue weighted by Crippen LogP contribution is -2.15. The molecule has 5 heteroatoms. The maximum atomic E-state index is 11.9. The lowest BCUT2D eigenvalue weighted by Gasteiger charge is -2.09. The Balaban J connectivity index is 2.66. The van der Waals surface area contributed by atoms with Crippen LogP contribution >= 0.6 is 15.9 Å². The highest BCUT2D eigenvalue weighted by atomic mass is 79.9. The summed E-state index contributed by atoms with van der Waals surface area (Å²) in [5.41, 5.74) is 5.98. The molecule has 0 bridgehead atoms. The van der Waals surface area contributed by atoms with Crippen LogP contribution in [-0.2, 0) is 0 Å². The molecule has 2 N–H and O–H groups in total. The lowest BCUT2D eigenvalue weighted by molar-refractivity contribution is 0.128. The summed E-state index contributed by atoms with van der Waals surface area (Å²) < 4.78 is 24.7. The van der Waals surface area contributed by atoms with Gasteiger partial charge in [0.05, 0.1) is 11.7 Å². The molecule has 0 aliphatic heterocycles. The molecule has 1 heterocycles. The van der Waals surface area contributed by atoms with Crippen molar-refractivity contribution in [2.75, 3.05) is 0 Å². The second-order valence-corrected chi connectivity index (χ2v) is 3.55. The van der Waals surface area contributed by atoms with Gasteiger partial charge in [-0.2, -0.15) is 0 Å². The first-order valence-corrected chi connectivity index (χ1v) is 4.54. The third kappa shape index (κ3) is 3.36. The van der Waals surface area contributed by atoms with Crippen LogP contribution in [-0.4, -0.2) is 11.4 Å². The van der Waals surface area contributed by atoms with Crippen molar-refractivity contribution in [2.45, 2.75) is 18.9 Å². The molecule has 0 amide bonds. The van der Waals surface area contributed by atoms with Crippen LogP contribution in [0.15, 0.2) is 22.8 Å². The number of nitrogens with zero attached hydrogens (tertiary/aromatic N) is 1. The summed E-state index contributed by atoms with van der Waals surface area (Å²) in [7, 11) is 0. The predicted octanol–water partition coefficient (Wildman–Crippen LogP) is 2.50. The van der Waals surface area contributed by atoms with Crippen molar-refractivity contribution in [3.05, 3.63) is 28.5 Å². The number of pyridine rings is 1. The zero-order valence-corrected chi connectivity index (χ0v) is 8.34. The Morgan fingerprint density at radius 3 is 2.62 bits per heavy atom. The van der Waals surface area contributed by atoms with Gasteiger partial charge in [-0.25, -0.2) is 8.78 Å². The fourth-order valence-corrected chi connectivity index (χ4v) is 1.15. The van der Waals surface area contributed by atoms with Gasteiger partial charge in [0.25, 0.3) is 0 Å². The van der Waals surface area contributed by atoms with E-state index in [1.807, 2.05) is 0 Å². The van der Waals surface area contributed by atoms with Crippen LogP contribution in [0.3, 0.4) is 0 Å². The molecule has 0 spiro atoms. The summed E-state index contributed by atoms with van der Waals surface area (Å²) in [6.45, 7) is 0.